The molecule has 1 aromatic carbocycles. The van der Waals surface area contributed by atoms with Crippen molar-refractivity contribution in [3.63, 3.8) is 0 Å². The summed E-state index contributed by atoms with van der Waals surface area (Å²) in [4.78, 5) is 24.3. The Balaban J connectivity index is 1.50. The molecule has 35 heavy (non-hydrogen) atoms. The van der Waals surface area contributed by atoms with Gasteiger partial charge in [0.2, 0.25) is 0 Å². The van der Waals surface area contributed by atoms with E-state index in [-0.39, 0.29) is 12.1 Å². The Morgan fingerprint density at radius 3 is 2.60 bits per heavy atom. The molecule has 0 atom stereocenters. The summed E-state index contributed by atoms with van der Waals surface area (Å²) in [6.45, 7) is 9.00. The van der Waals surface area contributed by atoms with Crippen LogP contribution in [0.5, 0.6) is 5.75 Å². The molecule has 3 aromatic heterocycles. The van der Waals surface area contributed by atoms with E-state index in [1.54, 1.807) is 23.3 Å². The number of thiophene rings is 1. The van der Waals surface area contributed by atoms with Gasteiger partial charge in [-0.25, -0.2) is 14.8 Å². The van der Waals surface area contributed by atoms with Crippen molar-refractivity contribution in [3.8, 4) is 16.2 Å². The van der Waals surface area contributed by atoms with E-state index >= 15 is 0 Å². The molecule has 1 fully saturated rings. The lowest BCUT2D eigenvalue weighted by Gasteiger charge is -2.34. The first-order chi connectivity index (χ1) is 16.6. The van der Waals surface area contributed by atoms with Crippen LogP contribution in [0.2, 0.25) is 0 Å². The Labute approximate surface area is 208 Å². The van der Waals surface area contributed by atoms with Crippen molar-refractivity contribution in [2.45, 2.75) is 52.2 Å². The molecule has 0 saturated carbocycles. The zero-order valence-corrected chi connectivity index (χ0v) is 21.6. The maximum absolute atomic E-state index is 12.5. The molecular formula is C26H31N5O3S. The number of likely N-dealkylation sites (tertiary alicyclic amines) is 1. The van der Waals surface area contributed by atoms with Gasteiger partial charge in [-0.1, -0.05) is 6.07 Å². The molecule has 5 rings (SSSR count). The summed E-state index contributed by atoms with van der Waals surface area (Å²) in [6, 6.07) is 6.61. The number of nitrogens with two attached hydrogens (primary N) is 1. The van der Waals surface area contributed by atoms with Crippen LogP contribution in [0.15, 0.2) is 30.7 Å². The van der Waals surface area contributed by atoms with Crippen molar-refractivity contribution in [1.82, 2.24) is 19.4 Å². The van der Waals surface area contributed by atoms with Crippen LogP contribution in [0.3, 0.4) is 0 Å². The SMILES string of the molecule is COc1cc(C)cc2cc(-c3cn(C4CCN(C(=O)OC(C)(C)C)CC4)c4ncnc(N)c34)sc12. The minimum absolute atomic E-state index is 0.199. The van der Waals surface area contributed by atoms with Gasteiger partial charge >= 0.3 is 6.09 Å². The van der Waals surface area contributed by atoms with Gasteiger partial charge in [-0.15, -0.1) is 11.3 Å². The third-order valence-corrected chi connectivity index (χ3v) is 7.56. The van der Waals surface area contributed by atoms with Crippen LogP contribution >= 0.6 is 11.3 Å². The number of ether oxygens (including phenoxy) is 2. The first-order valence-electron chi connectivity index (χ1n) is 11.8. The number of hydrogen-bond donors (Lipinski definition) is 1. The predicted octanol–water partition coefficient (Wildman–Crippen LogP) is 5.78. The quantitative estimate of drug-likeness (QED) is 0.388. The standard InChI is InChI=1S/C26H31N5O3S/c1-15-10-16-12-20(35-22(16)19(11-15)33-5)18-13-31(24-21(18)23(27)28-14-29-24)17-6-8-30(9-7-17)25(32)34-26(2,3)4/h10-14,17H,6-9H2,1-5H3,(H2,27,28,29). The van der Waals surface area contributed by atoms with Crippen LogP contribution in [-0.4, -0.2) is 51.3 Å². The van der Waals surface area contributed by atoms with E-state index in [9.17, 15) is 4.79 Å². The third-order valence-electron chi connectivity index (χ3n) is 6.36. The normalized spacial score (nSPS) is 15.2. The topological polar surface area (TPSA) is 95.5 Å². The van der Waals surface area contributed by atoms with Crippen LogP contribution in [0.25, 0.3) is 31.6 Å². The van der Waals surface area contributed by atoms with Crippen molar-refractivity contribution in [2.24, 2.45) is 0 Å². The minimum atomic E-state index is -0.501. The van der Waals surface area contributed by atoms with Crippen molar-refractivity contribution in [2.75, 3.05) is 25.9 Å². The van der Waals surface area contributed by atoms with Gasteiger partial charge in [0.25, 0.3) is 0 Å². The number of fused-ring (bicyclic) bond motifs is 2. The summed E-state index contributed by atoms with van der Waals surface area (Å²) in [5.74, 6) is 1.34. The van der Waals surface area contributed by atoms with Crippen molar-refractivity contribution in [3.05, 3.63) is 36.3 Å². The Morgan fingerprint density at radius 2 is 1.91 bits per heavy atom. The third kappa shape index (κ3) is 4.40. The number of carbonyl (C=O) groups excluding carboxylic acids is 1. The number of nitrogens with zero attached hydrogens (tertiary/aromatic N) is 4. The molecule has 8 nitrogen and oxygen atoms in total. The number of carbonyl (C=O) groups is 1. The summed E-state index contributed by atoms with van der Waals surface area (Å²) in [5.41, 5.74) is 8.88. The lowest BCUT2D eigenvalue weighted by atomic mass is 10.1. The van der Waals surface area contributed by atoms with Crippen LogP contribution in [0, 0.1) is 6.92 Å². The molecule has 4 heterocycles. The van der Waals surface area contributed by atoms with E-state index < -0.39 is 5.60 Å². The molecule has 0 radical (unpaired) electrons. The molecule has 1 aliphatic heterocycles. The van der Waals surface area contributed by atoms with E-state index in [4.69, 9.17) is 15.2 Å². The van der Waals surface area contributed by atoms with Crippen molar-refractivity contribution < 1.29 is 14.3 Å². The summed E-state index contributed by atoms with van der Waals surface area (Å²) in [6.07, 6.45) is 5.03. The van der Waals surface area contributed by atoms with E-state index in [2.05, 4.69) is 45.9 Å². The molecule has 184 valence electrons. The van der Waals surface area contributed by atoms with Crippen LogP contribution in [0.1, 0.15) is 45.2 Å². The Bertz CT molecular complexity index is 1410. The Kier molecular flexibility index (Phi) is 5.83. The van der Waals surface area contributed by atoms with Gasteiger partial charge in [-0.2, -0.15) is 0 Å². The number of benzene rings is 1. The molecule has 1 aliphatic rings. The number of aryl methyl sites for hydroxylation is 1. The van der Waals surface area contributed by atoms with Crippen molar-refractivity contribution in [1.29, 1.82) is 0 Å². The molecule has 1 amide bonds. The summed E-state index contributed by atoms with van der Waals surface area (Å²) >= 11 is 1.68. The smallest absolute Gasteiger partial charge is 0.410 e. The number of rotatable bonds is 3. The maximum Gasteiger partial charge on any atom is 0.410 e. The first-order valence-corrected chi connectivity index (χ1v) is 12.6. The van der Waals surface area contributed by atoms with E-state index in [1.165, 1.54) is 6.33 Å². The van der Waals surface area contributed by atoms with Gasteiger partial charge < -0.3 is 24.7 Å². The maximum atomic E-state index is 12.5. The van der Waals surface area contributed by atoms with Gasteiger partial charge in [-0.05, 0) is 63.6 Å². The molecule has 0 aliphatic carbocycles. The lowest BCUT2D eigenvalue weighted by Crippen LogP contribution is -2.42. The summed E-state index contributed by atoms with van der Waals surface area (Å²) in [5, 5.41) is 2.01. The molecular weight excluding hydrogens is 462 g/mol. The number of aromatic nitrogens is 3. The highest BCUT2D eigenvalue weighted by molar-refractivity contribution is 7.22. The first kappa shape index (κ1) is 23.4. The zero-order valence-electron chi connectivity index (χ0n) is 20.8. The molecule has 9 heteroatoms. The highest BCUT2D eigenvalue weighted by Gasteiger charge is 2.29. The molecule has 2 N–H and O–H groups in total. The number of nitrogen functional groups attached to an aromatic ring is 1. The molecule has 0 spiro atoms. The van der Waals surface area contributed by atoms with Gasteiger partial charge in [-0.3, -0.25) is 0 Å². The fourth-order valence-corrected chi connectivity index (χ4v) is 5.92. The Hall–Kier alpha value is -3.33. The molecule has 0 bridgehead atoms. The van der Waals surface area contributed by atoms with Crippen LogP contribution < -0.4 is 10.5 Å². The van der Waals surface area contributed by atoms with Crippen LogP contribution in [-0.2, 0) is 4.74 Å². The van der Waals surface area contributed by atoms with Gasteiger partial charge in [0, 0.05) is 35.8 Å². The number of hydrogen-bond acceptors (Lipinski definition) is 7. The lowest BCUT2D eigenvalue weighted by molar-refractivity contribution is 0.0189. The second-order valence-electron chi connectivity index (χ2n) is 10.1. The Morgan fingerprint density at radius 1 is 1.17 bits per heavy atom. The highest BCUT2D eigenvalue weighted by atomic mass is 32.1. The molecule has 4 aromatic rings. The van der Waals surface area contributed by atoms with Crippen LogP contribution in [0.4, 0.5) is 10.6 Å². The highest BCUT2D eigenvalue weighted by Crippen LogP contribution is 2.44. The number of piperidine rings is 1. The number of anilines is 1. The fourth-order valence-electron chi connectivity index (χ4n) is 4.78. The van der Waals surface area contributed by atoms with E-state index in [0.717, 1.165) is 55.7 Å². The van der Waals surface area contributed by atoms with E-state index in [0.29, 0.717) is 18.9 Å². The summed E-state index contributed by atoms with van der Waals surface area (Å²) in [7, 11) is 1.70. The second kappa shape index (κ2) is 8.71. The van der Waals surface area contributed by atoms with Gasteiger partial charge in [0.15, 0.2) is 0 Å². The van der Waals surface area contributed by atoms with Gasteiger partial charge in [0.05, 0.1) is 17.2 Å². The number of methoxy groups -OCH3 is 1. The average molecular weight is 494 g/mol. The summed E-state index contributed by atoms with van der Waals surface area (Å²) < 4.78 is 14.5. The zero-order chi connectivity index (χ0) is 24.9. The van der Waals surface area contributed by atoms with Gasteiger partial charge in [0.1, 0.15) is 29.1 Å². The average Bonchev–Trinajstić information content (AvgIpc) is 3.40. The number of amides is 1. The largest absolute Gasteiger partial charge is 0.495 e. The monoisotopic (exact) mass is 493 g/mol. The van der Waals surface area contributed by atoms with E-state index in [1.807, 2.05) is 20.8 Å². The fraction of sp³-hybridized carbons (Fsp3) is 0.423. The molecule has 0 unspecified atom stereocenters. The van der Waals surface area contributed by atoms with Crippen molar-refractivity contribution >= 4 is 44.4 Å². The predicted molar refractivity (Wildman–Crippen MR) is 140 cm³/mol. The molecule has 1 saturated heterocycles. The minimum Gasteiger partial charge on any atom is -0.495 e. The second-order valence-corrected chi connectivity index (χ2v) is 11.2.